The highest BCUT2D eigenvalue weighted by Gasteiger charge is 2.45. The van der Waals surface area contributed by atoms with Gasteiger partial charge in [0.05, 0.1) is 6.61 Å². The molecule has 1 aliphatic heterocycles. The summed E-state index contributed by atoms with van der Waals surface area (Å²) in [6.45, 7) is -0.739. The number of Topliss-reactive ketones (excluding diaryl/α,β-unsaturated/α-hetero) is 2. The number of esters is 1. The Hall–Kier alpha value is -1.27. The van der Waals surface area contributed by atoms with Crippen LogP contribution in [0.1, 0.15) is 0 Å². The van der Waals surface area contributed by atoms with Gasteiger partial charge in [-0.3, -0.25) is 9.59 Å². The normalized spacial score (nSPS) is 25.8. The van der Waals surface area contributed by atoms with Crippen molar-refractivity contribution in [1.29, 1.82) is 0 Å². The maximum absolute atomic E-state index is 10.7. The van der Waals surface area contributed by atoms with Crippen molar-refractivity contribution >= 4 is 17.5 Å². The third-order valence-electron chi connectivity index (χ3n) is 1.44. The first-order chi connectivity index (χ1) is 5.57. The van der Waals surface area contributed by atoms with E-state index in [-0.39, 0.29) is 0 Å². The molecule has 0 spiro atoms. The molecule has 0 amide bonds. The molecule has 1 saturated heterocycles. The Balaban J connectivity index is 2.78. The van der Waals surface area contributed by atoms with Crippen molar-refractivity contribution < 1.29 is 29.3 Å². The predicted molar refractivity (Wildman–Crippen MR) is 33.0 cm³/mol. The molecule has 0 aromatic heterocycles. The van der Waals surface area contributed by atoms with E-state index in [4.69, 9.17) is 10.2 Å². The maximum Gasteiger partial charge on any atom is 0.383 e. The van der Waals surface area contributed by atoms with Crippen molar-refractivity contribution in [2.24, 2.45) is 0 Å². The first-order valence-electron chi connectivity index (χ1n) is 3.16. The Bertz CT molecular complexity index is 244. The van der Waals surface area contributed by atoms with Gasteiger partial charge in [0.15, 0.2) is 6.10 Å². The van der Waals surface area contributed by atoms with Crippen LogP contribution in [0.25, 0.3) is 0 Å². The molecule has 0 aliphatic carbocycles. The first kappa shape index (κ1) is 8.82. The molecular weight excluding hydrogens is 168 g/mol. The van der Waals surface area contributed by atoms with Gasteiger partial charge >= 0.3 is 11.8 Å². The van der Waals surface area contributed by atoms with Gasteiger partial charge < -0.3 is 14.9 Å². The zero-order chi connectivity index (χ0) is 9.30. The Morgan fingerprint density at radius 3 is 2.33 bits per heavy atom. The van der Waals surface area contributed by atoms with E-state index < -0.39 is 36.4 Å². The van der Waals surface area contributed by atoms with Crippen LogP contribution < -0.4 is 0 Å². The molecule has 1 fully saturated rings. The Kier molecular flexibility index (Phi) is 2.20. The van der Waals surface area contributed by atoms with Crippen molar-refractivity contribution in [3.05, 3.63) is 0 Å². The standard InChI is InChI=1S/C6H6O6/c7-1-2(8)5-3(9)4(10)6(11)12-5/h2,5,7-8H,1H2/t2-,5?/m1/s1. The molecule has 6 heteroatoms. The molecule has 1 aliphatic rings. The van der Waals surface area contributed by atoms with Crippen molar-refractivity contribution in [2.45, 2.75) is 12.2 Å². The zero-order valence-corrected chi connectivity index (χ0v) is 5.89. The van der Waals surface area contributed by atoms with E-state index in [1.54, 1.807) is 0 Å². The van der Waals surface area contributed by atoms with Crippen LogP contribution in [0.5, 0.6) is 0 Å². The number of carbonyl (C=O) groups is 3. The average Bonchev–Trinajstić information content (AvgIpc) is 2.32. The average molecular weight is 174 g/mol. The summed E-state index contributed by atoms with van der Waals surface area (Å²) in [4.78, 5) is 31.7. The fourth-order valence-corrected chi connectivity index (χ4v) is 0.801. The monoisotopic (exact) mass is 174 g/mol. The molecule has 2 N–H and O–H groups in total. The summed E-state index contributed by atoms with van der Waals surface area (Å²) in [5.74, 6) is -3.67. The van der Waals surface area contributed by atoms with Gasteiger partial charge in [0.1, 0.15) is 6.10 Å². The molecule has 1 unspecified atom stereocenters. The van der Waals surface area contributed by atoms with E-state index in [1.165, 1.54) is 0 Å². The van der Waals surface area contributed by atoms with E-state index in [1.807, 2.05) is 0 Å². The molecule has 0 bridgehead atoms. The third kappa shape index (κ3) is 1.21. The summed E-state index contributed by atoms with van der Waals surface area (Å²) >= 11 is 0. The minimum Gasteiger partial charge on any atom is -0.445 e. The topological polar surface area (TPSA) is 101 Å². The summed E-state index contributed by atoms with van der Waals surface area (Å²) in [6, 6.07) is 0. The molecule has 0 saturated carbocycles. The highest BCUT2D eigenvalue weighted by Crippen LogP contribution is 2.10. The summed E-state index contributed by atoms with van der Waals surface area (Å²) < 4.78 is 4.19. The summed E-state index contributed by atoms with van der Waals surface area (Å²) in [7, 11) is 0. The molecule has 12 heavy (non-hydrogen) atoms. The van der Waals surface area contributed by atoms with Gasteiger partial charge in [0.25, 0.3) is 5.78 Å². The highest BCUT2D eigenvalue weighted by molar-refractivity contribution is 6.65. The Morgan fingerprint density at radius 2 is 2.00 bits per heavy atom. The predicted octanol–water partition coefficient (Wildman–Crippen LogP) is -2.60. The van der Waals surface area contributed by atoms with Gasteiger partial charge in [-0.25, -0.2) is 4.79 Å². The summed E-state index contributed by atoms with van der Waals surface area (Å²) in [5, 5.41) is 17.2. The number of rotatable bonds is 2. The number of aliphatic hydroxyl groups is 2. The van der Waals surface area contributed by atoms with Crippen LogP contribution in [0.3, 0.4) is 0 Å². The summed E-state index contributed by atoms with van der Waals surface area (Å²) in [5.41, 5.74) is 0. The molecule has 0 aromatic carbocycles. The number of hydrogen-bond donors (Lipinski definition) is 2. The van der Waals surface area contributed by atoms with Crippen molar-refractivity contribution in [3.63, 3.8) is 0 Å². The molecule has 6 nitrogen and oxygen atoms in total. The number of ketones is 2. The second-order valence-electron chi connectivity index (χ2n) is 2.27. The van der Waals surface area contributed by atoms with Gasteiger partial charge in [0, 0.05) is 0 Å². The molecule has 2 atom stereocenters. The minimum atomic E-state index is -1.53. The number of ether oxygens (including phenoxy) is 1. The first-order valence-corrected chi connectivity index (χ1v) is 3.16. The van der Waals surface area contributed by atoms with Crippen LogP contribution in [0, 0.1) is 0 Å². The molecule has 1 heterocycles. The van der Waals surface area contributed by atoms with Crippen LogP contribution >= 0.6 is 0 Å². The number of hydrogen-bond acceptors (Lipinski definition) is 6. The smallest absolute Gasteiger partial charge is 0.383 e. The lowest BCUT2D eigenvalue weighted by atomic mass is 10.1. The van der Waals surface area contributed by atoms with Crippen molar-refractivity contribution in [3.8, 4) is 0 Å². The van der Waals surface area contributed by atoms with Gasteiger partial charge in [-0.05, 0) is 0 Å². The van der Waals surface area contributed by atoms with Crippen LogP contribution in [-0.4, -0.2) is 46.6 Å². The maximum atomic E-state index is 10.7. The fraction of sp³-hybridized carbons (Fsp3) is 0.500. The SMILES string of the molecule is O=C1OC([C@H](O)CO)C(=O)C1=O. The van der Waals surface area contributed by atoms with Crippen LogP contribution in [0.2, 0.25) is 0 Å². The van der Waals surface area contributed by atoms with Crippen LogP contribution in [0.15, 0.2) is 0 Å². The van der Waals surface area contributed by atoms with Crippen molar-refractivity contribution in [2.75, 3.05) is 6.61 Å². The summed E-state index contributed by atoms with van der Waals surface area (Å²) in [6.07, 6.45) is -3.05. The minimum absolute atomic E-state index is 0.739. The van der Waals surface area contributed by atoms with Gasteiger partial charge in [-0.15, -0.1) is 0 Å². The zero-order valence-electron chi connectivity index (χ0n) is 5.89. The van der Waals surface area contributed by atoms with Gasteiger partial charge in [-0.1, -0.05) is 0 Å². The van der Waals surface area contributed by atoms with E-state index in [0.717, 1.165) is 0 Å². The van der Waals surface area contributed by atoms with Gasteiger partial charge in [-0.2, -0.15) is 0 Å². The number of aliphatic hydroxyl groups excluding tert-OH is 2. The highest BCUT2D eigenvalue weighted by atomic mass is 16.6. The number of cyclic esters (lactones) is 1. The molecule has 1 rings (SSSR count). The Morgan fingerprint density at radius 1 is 1.42 bits per heavy atom. The lowest BCUT2D eigenvalue weighted by molar-refractivity contribution is -0.152. The number of carbonyl (C=O) groups excluding carboxylic acids is 3. The fourth-order valence-electron chi connectivity index (χ4n) is 0.801. The van der Waals surface area contributed by atoms with E-state index in [2.05, 4.69) is 4.74 Å². The lowest BCUT2D eigenvalue weighted by Crippen LogP contribution is -2.35. The lowest BCUT2D eigenvalue weighted by Gasteiger charge is -2.10. The second kappa shape index (κ2) is 3.00. The molecule has 66 valence electrons. The largest absolute Gasteiger partial charge is 0.445 e. The third-order valence-corrected chi connectivity index (χ3v) is 1.44. The Labute approximate surface area is 66.7 Å². The second-order valence-corrected chi connectivity index (χ2v) is 2.27. The molecular formula is C6H6O6. The molecule has 0 radical (unpaired) electrons. The van der Waals surface area contributed by atoms with E-state index in [9.17, 15) is 14.4 Å². The van der Waals surface area contributed by atoms with Gasteiger partial charge in [0.2, 0.25) is 0 Å². The quantitative estimate of drug-likeness (QED) is 0.351. The van der Waals surface area contributed by atoms with E-state index in [0.29, 0.717) is 0 Å². The van der Waals surface area contributed by atoms with Crippen molar-refractivity contribution in [1.82, 2.24) is 0 Å². The van der Waals surface area contributed by atoms with E-state index >= 15 is 0 Å². The van der Waals surface area contributed by atoms with Crippen LogP contribution in [0.4, 0.5) is 0 Å². The molecule has 0 aromatic rings. The van der Waals surface area contributed by atoms with Crippen LogP contribution in [-0.2, 0) is 19.1 Å².